The first-order valence-electron chi connectivity index (χ1n) is 8.14. The summed E-state index contributed by atoms with van der Waals surface area (Å²) in [5.74, 6) is -0.183. The molecule has 3 aromatic rings. The Kier molecular flexibility index (Phi) is 5.36. The highest BCUT2D eigenvalue weighted by Crippen LogP contribution is 2.08. The second-order valence-corrected chi connectivity index (χ2v) is 5.78. The molecule has 2 heterocycles. The largest absolute Gasteiger partial charge is 0.378 e. The number of hydrogen-bond acceptors (Lipinski definition) is 4. The van der Waals surface area contributed by atoms with Crippen LogP contribution in [-0.4, -0.2) is 15.9 Å². The van der Waals surface area contributed by atoms with Crippen molar-refractivity contribution < 1.29 is 4.79 Å². The maximum absolute atomic E-state index is 12.2. The summed E-state index contributed by atoms with van der Waals surface area (Å²) >= 11 is 0. The lowest BCUT2D eigenvalue weighted by molar-refractivity contribution is 0.0946. The minimum absolute atomic E-state index is 0.183. The molecule has 0 unspecified atom stereocenters. The molecule has 0 bridgehead atoms. The molecule has 0 radical (unpaired) electrons. The van der Waals surface area contributed by atoms with Gasteiger partial charge in [-0.05, 0) is 36.8 Å². The summed E-state index contributed by atoms with van der Waals surface area (Å²) in [5.41, 5.74) is 4.46. The lowest BCUT2D eigenvalue weighted by Gasteiger charge is -2.08. The Morgan fingerprint density at radius 3 is 2.48 bits per heavy atom. The molecule has 0 fully saturated rings. The van der Waals surface area contributed by atoms with Gasteiger partial charge in [0.15, 0.2) is 0 Å². The molecule has 0 aliphatic rings. The van der Waals surface area contributed by atoms with Crippen molar-refractivity contribution in [1.29, 1.82) is 0 Å². The van der Waals surface area contributed by atoms with Crippen molar-refractivity contribution in [1.82, 2.24) is 15.3 Å². The minimum atomic E-state index is -0.183. The van der Waals surface area contributed by atoms with E-state index in [0.717, 1.165) is 16.9 Å². The molecule has 5 heteroatoms. The maximum atomic E-state index is 12.2. The lowest BCUT2D eigenvalue weighted by Crippen LogP contribution is -2.23. The van der Waals surface area contributed by atoms with Crippen LogP contribution in [0.5, 0.6) is 0 Å². The zero-order valence-corrected chi connectivity index (χ0v) is 14.1. The number of benzene rings is 1. The number of amides is 1. The maximum Gasteiger partial charge on any atom is 0.270 e. The van der Waals surface area contributed by atoms with E-state index in [4.69, 9.17) is 0 Å². The van der Waals surface area contributed by atoms with Gasteiger partial charge in [-0.25, -0.2) is 4.98 Å². The van der Waals surface area contributed by atoms with Crippen molar-refractivity contribution in [3.63, 3.8) is 0 Å². The topological polar surface area (TPSA) is 66.9 Å². The molecule has 0 saturated carbocycles. The molecule has 25 heavy (non-hydrogen) atoms. The number of pyridine rings is 2. The number of aryl methyl sites for hydroxylation is 1. The molecule has 5 nitrogen and oxygen atoms in total. The Hall–Kier alpha value is -3.21. The van der Waals surface area contributed by atoms with Crippen LogP contribution in [0.15, 0.2) is 67.0 Å². The number of carbonyl (C=O) groups excluding carboxylic acids is 1. The molecule has 0 spiro atoms. The predicted octanol–water partition coefficient (Wildman–Crippen LogP) is 3.33. The molecule has 1 aromatic carbocycles. The van der Waals surface area contributed by atoms with E-state index in [1.807, 2.05) is 55.5 Å². The Labute approximate surface area is 147 Å². The van der Waals surface area contributed by atoms with E-state index in [2.05, 4.69) is 20.6 Å². The average Bonchev–Trinajstić information content (AvgIpc) is 2.67. The van der Waals surface area contributed by atoms with Crippen molar-refractivity contribution in [2.45, 2.75) is 20.0 Å². The van der Waals surface area contributed by atoms with Crippen molar-refractivity contribution in [3.8, 4) is 0 Å². The number of rotatable bonds is 6. The number of aromatic nitrogens is 2. The quantitative estimate of drug-likeness (QED) is 0.726. The monoisotopic (exact) mass is 332 g/mol. The fourth-order valence-corrected chi connectivity index (χ4v) is 2.31. The van der Waals surface area contributed by atoms with Gasteiger partial charge in [0.1, 0.15) is 5.69 Å². The zero-order valence-electron chi connectivity index (χ0n) is 14.1. The Morgan fingerprint density at radius 1 is 0.960 bits per heavy atom. The molecular weight excluding hydrogens is 312 g/mol. The van der Waals surface area contributed by atoms with Crippen LogP contribution in [-0.2, 0) is 13.1 Å². The van der Waals surface area contributed by atoms with E-state index >= 15 is 0 Å². The van der Waals surface area contributed by atoms with E-state index in [1.54, 1.807) is 18.5 Å². The molecule has 3 rings (SSSR count). The zero-order chi connectivity index (χ0) is 17.5. The number of nitrogens with one attached hydrogen (secondary N) is 2. The van der Waals surface area contributed by atoms with Crippen LogP contribution in [0.2, 0.25) is 0 Å². The van der Waals surface area contributed by atoms with Crippen molar-refractivity contribution in [3.05, 3.63) is 89.5 Å². The van der Waals surface area contributed by atoms with Gasteiger partial charge in [0, 0.05) is 12.7 Å². The van der Waals surface area contributed by atoms with Gasteiger partial charge in [-0.15, -0.1) is 0 Å². The van der Waals surface area contributed by atoms with E-state index in [1.165, 1.54) is 5.56 Å². The summed E-state index contributed by atoms with van der Waals surface area (Å²) < 4.78 is 0. The fourth-order valence-electron chi connectivity index (χ4n) is 2.31. The molecule has 2 N–H and O–H groups in total. The number of nitrogens with zero attached hydrogens (tertiary/aromatic N) is 2. The molecule has 0 aliphatic carbocycles. The molecular formula is C20H20N4O. The highest BCUT2D eigenvalue weighted by Gasteiger charge is 2.07. The number of anilines is 1. The van der Waals surface area contributed by atoms with E-state index in [9.17, 15) is 4.79 Å². The summed E-state index contributed by atoms with van der Waals surface area (Å²) in [5, 5.41) is 6.11. The van der Waals surface area contributed by atoms with Gasteiger partial charge >= 0.3 is 0 Å². The standard InChI is InChI=1S/C20H20N4O/c1-15-5-7-16(8-6-15)12-24-20(25)19-10-9-18(14-23-19)22-13-17-4-2-3-11-21-17/h2-11,14,22H,12-13H2,1H3,(H,24,25). The first-order chi connectivity index (χ1) is 12.2. The normalized spacial score (nSPS) is 10.3. The van der Waals surface area contributed by atoms with Crippen LogP contribution in [0, 0.1) is 6.92 Å². The van der Waals surface area contributed by atoms with Gasteiger partial charge < -0.3 is 10.6 Å². The van der Waals surface area contributed by atoms with Crippen LogP contribution in [0.4, 0.5) is 5.69 Å². The van der Waals surface area contributed by atoms with Crippen LogP contribution in [0.3, 0.4) is 0 Å². The molecule has 0 saturated heterocycles. The van der Waals surface area contributed by atoms with Gasteiger partial charge in [-0.3, -0.25) is 9.78 Å². The van der Waals surface area contributed by atoms with Crippen LogP contribution < -0.4 is 10.6 Å². The lowest BCUT2D eigenvalue weighted by atomic mass is 10.1. The summed E-state index contributed by atoms with van der Waals surface area (Å²) in [4.78, 5) is 20.6. The van der Waals surface area contributed by atoms with Gasteiger partial charge in [0.2, 0.25) is 0 Å². The smallest absolute Gasteiger partial charge is 0.270 e. The van der Waals surface area contributed by atoms with Crippen molar-refractivity contribution in [2.75, 3.05) is 5.32 Å². The second-order valence-electron chi connectivity index (χ2n) is 5.78. The first kappa shape index (κ1) is 16.6. The Bertz CT molecular complexity index is 815. The number of carbonyl (C=O) groups is 1. The Balaban J connectivity index is 1.52. The predicted molar refractivity (Wildman–Crippen MR) is 98.1 cm³/mol. The summed E-state index contributed by atoms with van der Waals surface area (Å²) in [6.07, 6.45) is 3.42. The number of hydrogen-bond donors (Lipinski definition) is 2. The van der Waals surface area contributed by atoms with Crippen LogP contribution in [0.25, 0.3) is 0 Å². The summed E-state index contributed by atoms with van der Waals surface area (Å²) in [6.45, 7) is 3.14. The molecule has 0 atom stereocenters. The first-order valence-corrected chi connectivity index (χ1v) is 8.14. The molecule has 1 amide bonds. The fraction of sp³-hybridized carbons (Fsp3) is 0.150. The minimum Gasteiger partial charge on any atom is -0.378 e. The van der Waals surface area contributed by atoms with Crippen LogP contribution >= 0.6 is 0 Å². The second kappa shape index (κ2) is 8.06. The third-order valence-corrected chi connectivity index (χ3v) is 3.77. The van der Waals surface area contributed by atoms with E-state index in [-0.39, 0.29) is 5.91 Å². The van der Waals surface area contributed by atoms with Gasteiger partial charge in [0.25, 0.3) is 5.91 Å². The summed E-state index contributed by atoms with van der Waals surface area (Å²) in [7, 11) is 0. The van der Waals surface area contributed by atoms with E-state index in [0.29, 0.717) is 18.8 Å². The third-order valence-electron chi connectivity index (χ3n) is 3.77. The Morgan fingerprint density at radius 2 is 1.80 bits per heavy atom. The van der Waals surface area contributed by atoms with Gasteiger partial charge in [-0.1, -0.05) is 35.9 Å². The van der Waals surface area contributed by atoms with Crippen molar-refractivity contribution >= 4 is 11.6 Å². The SMILES string of the molecule is Cc1ccc(CNC(=O)c2ccc(NCc3ccccn3)cn2)cc1. The highest BCUT2D eigenvalue weighted by molar-refractivity contribution is 5.92. The third kappa shape index (κ3) is 4.88. The van der Waals surface area contributed by atoms with Gasteiger partial charge in [-0.2, -0.15) is 0 Å². The van der Waals surface area contributed by atoms with Crippen molar-refractivity contribution in [2.24, 2.45) is 0 Å². The summed E-state index contributed by atoms with van der Waals surface area (Å²) in [6, 6.07) is 17.4. The molecule has 2 aromatic heterocycles. The average molecular weight is 332 g/mol. The van der Waals surface area contributed by atoms with Gasteiger partial charge in [0.05, 0.1) is 24.1 Å². The molecule has 0 aliphatic heterocycles. The van der Waals surface area contributed by atoms with E-state index < -0.39 is 0 Å². The highest BCUT2D eigenvalue weighted by atomic mass is 16.1. The van der Waals surface area contributed by atoms with Crippen LogP contribution in [0.1, 0.15) is 27.3 Å². The molecule has 126 valence electrons.